The molecule has 1 amide bonds. The van der Waals surface area contributed by atoms with Crippen molar-refractivity contribution in [3.8, 4) is 0 Å². The van der Waals surface area contributed by atoms with Crippen molar-refractivity contribution in [1.29, 1.82) is 0 Å². The Labute approximate surface area is 212 Å². The van der Waals surface area contributed by atoms with Crippen LogP contribution in [0.5, 0.6) is 0 Å². The molecule has 174 valence electrons. The van der Waals surface area contributed by atoms with E-state index in [9.17, 15) is 4.79 Å². The zero-order chi connectivity index (χ0) is 23.9. The summed E-state index contributed by atoms with van der Waals surface area (Å²) in [4.78, 5) is 12.3. The van der Waals surface area contributed by atoms with Crippen molar-refractivity contribution >= 4 is 57.9 Å². The first-order chi connectivity index (χ1) is 16.5. The number of rotatable bonds is 9. The highest BCUT2D eigenvalue weighted by atomic mass is 35.5. The second-order valence-corrected chi connectivity index (χ2v) is 9.15. The quantitative estimate of drug-likeness (QED) is 0.235. The topological polar surface area (TPSA) is 80.0 Å². The van der Waals surface area contributed by atoms with E-state index in [0.717, 1.165) is 23.4 Å². The fourth-order valence-electron chi connectivity index (χ4n) is 3.23. The zero-order valence-electron chi connectivity index (χ0n) is 18.3. The molecule has 3 aromatic carbocycles. The lowest BCUT2D eigenvalue weighted by atomic mass is 10.1. The minimum Gasteiger partial charge on any atom is -0.416 e. The van der Waals surface area contributed by atoms with Gasteiger partial charge in [0.2, 0.25) is 11.8 Å². The second-order valence-electron chi connectivity index (χ2n) is 7.40. The number of aromatic nitrogens is 2. The Balaban J connectivity index is 1.36. The van der Waals surface area contributed by atoms with Gasteiger partial charge in [-0.25, -0.2) is 0 Å². The van der Waals surface area contributed by atoms with Gasteiger partial charge in [0, 0.05) is 11.4 Å². The smallest absolute Gasteiger partial charge is 0.277 e. The van der Waals surface area contributed by atoms with Gasteiger partial charge < -0.3 is 15.1 Å². The minimum atomic E-state index is -0.139. The molecule has 0 bridgehead atoms. The van der Waals surface area contributed by atoms with E-state index in [2.05, 4.69) is 27.8 Å². The summed E-state index contributed by atoms with van der Waals surface area (Å²) in [5, 5.41) is 15.7. The number of para-hydroxylation sites is 2. The number of aryl methyl sites for hydroxylation is 1. The number of carbonyl (C=O) groups is 1. The molecule has 0 unspecified atom stereocenters. The number of anilines is 3. The fraction of sp³-hybridized carbons (Fsp3) is 0.160. The van der Waals surface area contributed by atoms with Crippen LogP contribution in [0.4, 0.5) is 17.1 Å². The lowest BCUT2D eigenvalue weighted by Gasteiger charge is -2.13. The predicted molar refractivity (Wildman–Crippen MR) is 138 cm³/mol. The standard InChI is InChI=1S/C25H22Cl2N4O2S/c1-2-16-10-12-18(13-11-16)28-22(32)15-34-25-31-30-23(33-25)14-17-6-3-4-9-21(17)29-24-19(26)7-5-8-20(24)27/h3-13,29H,2,14-15H2,1H3,(H,28,32). The molecule has 1 heterocycles. The van der Waals surface area contributed by atoms with Crippen molar-refractivity contribution in [2.24, 2.45) is 0 Å². The third kappa shape index (κ3) is 6.32. The van der Waals surface area contributed by atoms with Crippen LogP contribution in [0.3, 0.4) is 0 Å². The van der Waals surface area contributed by atoms with Crippen molar-refractivity contribution in [3.63, 3.8) is 0 Å². The van der Waals surface area contributed by atoms with Crippen molar-refractivity contribution < 1.29 is 9.21 Å². The van der Waals surface area contributed by atoms with E-state index < -0.39 is 0 Å². The molecule has 6 nitrogen and oxygen atoms in total. The molecule has 0 aliphatic heterocycles. The van der Waals surface area contributed by atoms with Gasteiger partial charge in [0.15, 0.2) is 0 Å². The molecular weight excluding hydrogens is 491 g/mol. The van der Waals surface area contributed by atoms with Gasteiger partial charge in [-0.05, 0) is 47.9 Å². The monoisotopic (exact) mass is 512 g/mol. The van der Waals surface area contributed by atoms with Gasteiger partial charge in [0.25, 0.3) is 5.22 Å². The Morgan fingerprint density at radius 2 is 1.71 bits per heavy atom. The molecule has 4 aromatic rings. The van der Waals surface area contributed by atoms with Crippen LogP contribution in [0.1, 0.15) is 23.9 Å². The van der Waals surface area contributed by atoms with Gasteiger partial charge >= 0.3 is 0 Å². The Bertz CT molecular complexity index is 1260. The number of nitrogens with one attached hydrogen (secondary N) is 2. The lowest BCUT2D eigenvalue weighted by molar-refractivity contribution is -0.113. The Kier molecular flexibility index (Phi) is 8.11. The molecule has 0 saturated heterocycles. The van der Waals surface area contributed by atoms with Crippen molar-refractivity contribution in [2.75, 3.05) is 16.4 Å². The normalized spacial score (nSPS) is 10.8. The molecule has 1 aromatic heterocycles. The van der Waals surface area contributed by atoms with E-state index in [1.807, 2.05) is 48.5 Å². The summed E-state index contributed by atoms with van der Waals surface area (Å²) in [6.07, 6.45) is 1.37. The van der Waals surface area contributed by atoms with E-state index in [1.165, 1.54) is 17.3 Å². The third-order valence-corrected chi connectivity index (χ3v) is 6.45. The van der Waals surface area contributed by atoms with Gasteiger partial charge in [-0.1, -0.05) is 78.3 Å². The summed E-state index contributed by atoms with van der Waals surface area (Å²) in [5.41, 5.74) is 4.38. The molecule has 0 radical (unpaired) electrons. The fourth-order valence-corrected chi connectivity index (χ4v) is 4.30. The molecule has 0 fully saturated rings. The number of hydrogen-bond acceptors (Lipinski definition) is 6. The Hall–Kier alpha value is -3.00. The van der Waals surface area contributed by atoms with E-state index in [1.54, 1.807) is 18.2 Å². The highest BCUT2D eigenvalue weighted by Crippen LogP contribution is 2.34. The van der Waals surface area contributed by atoms with Crippen molar-refractivity contribution in [1.82, 2.24) is 10.2 Å². The summed E-state index contributed by atoms with van der Waals surface area (Å²) in [6.45, 7) is 2.09. The van der Waals surface area contributed by atoms with E-state index in [-0.39, 0.29) is 11.7 Å². The molecule has 0 atom stereocenters. The van der Waals surface area contributed by atoms with E-state index >= 15 is 0 Å². The van der Waals surface area contributed by atoms with Crippen LogP contribution in [-0.4, -0.2) is 21.9 Å². The molecule has 34 heavy (non-hydrogen) atoms. The number of amides is 1. The van der Waals surface area contributed by atoms with Gasteiger partial charge in [-0.15, -0.1) is 10.2 Å². The largest absolute Gasteiger partial charge is 0.416 e. The minimum absolute atomic E-state index is 0.139. The molecule has 4 rings (SSSR count). The van der Waals surface area contributed by atoms with E-state index in [0.29, 0.717) is 33.3 Å². The molecule has 0 aliphatic rings. The van der Waals surface area contributed by atoms with Crippen molar-refractivity contribution in [2.45, 2.75) is 25.0 Å². The summed E-state index contributed by atoms with van der Waals surface area (Å²) < 4.78 is 5.75. The maximum atomic E-state index is 12.3. The van der Waals surface area contributed by atoms with Gasteiger partial charge in [0.1, 0.15) is 0 Å². The summed E-state index contributed by atoms with van der Waals surface area (Å²) in [7, 11) is 0. The van der Waals surface area contributed by atoms with Crippen molar-refractivity contribution in [3.05, 3.63) is 93.8 Å². The first-order valence-corrected chi connectivity index (χ1v) is 12.4. The van der Waals surface area contributed by atoms with E-state index in [4.69, 9.17) is 27.6 Å². The molecule has 0 spiro atoms. The number of benzene rings is 3. The van der Waals surface area contributed by atoms with Crippen LogP contribution in [-0.2, 0) is 17.6 Å². The number of thioether (sulfide) groups is 1. The lowest BCUT2D eigenvalue weighted by Crippen LogP contribution is -2.13. The maximum Gasteiger partial charge on any atom is 0.277 e. The SMILES string of the molecule is CCc1ccc(NC(=O)CSc2nnc(Cc3ccccc3Nc3c(Cl)cccc3Cl)o2)cc1. The summed E-state index contributed by atoms with van der Waals surface area (Å²) in [5.74, 6) is 0.470. The zero-order valence-corrected chi connectivity index (χ0v) is 20.7. The first-order valence-electron chi connectivity index (χ1n) is 10.6. The molecule has 0 aliphatic carbocycles. The number of nitrogens with zero attached hydrogens (tertiary/aromatic N) is 2. The van der Waals surface area contributed by atoms with Gasteiger partial charge in [-0.2, -0.15) is 0 Å². The summed E-state index contributed by atoms with van der Waals surface area (Å²) in [6, 6.07) is 20.9. The third-order valence-electron chi connectivity index (χ3n) is 5.00. The molecule has 0 saturated carbocycles. The van der Waals surface area contributed by atoms with Crippen LogP contribution >= 0.6 is 35.0 Å². The number of hydrogen-bond donors (Lipinski definition) is 2. The predicted octanol–water partition coefficient (Wildman–Crippen LogP) is 7.00. The average molecular weight is 513 g/mol. The first kappa shape index (κ1) is 24.1. The van der Waals surface area contributed by atoms with Crippen LogP contribution < -0.4 is 10.6 Å². The second kappa shape index (κ2) is 11.4. The number of carbonyl (C=O) groups excluding carboxylic acids is 1. The van der Waals surface area contributed by atoms with Gasteiger partial charge in [0.05, 0.1) is 27.9 Å². The Morgan fingerprint density at radius 3 is 2.44 bits per heavy atom. The van der Waals surface area contributed by atoms with Crippen LogP contribution in [0, 0.1) is 0 Å². The number of halogens is 2. The maximum absolute atomic E-state index is 12.3. The van der Waals surface area contributed by atoms with Crippen LogP contribution in [0.15, 0.2) is 76.4 Å². The van der Waals surface area contributed by atoms with Crippen LogP contribution in [0.25, 0.3) is 0 Å². The average Bonchev–Trinajstić information content (AvgIpc) is 3.29. The van der Waals surface area contributed by atoms with Crippen LogP contribution in [0.2, 0.25) is 10.0 Å². The highest BCUT2D eigenvalue weighted by Gasteiger charge is 2.14. The molecule has 2 N–H and O–H groups in total. The molecular formula is C25H22Cl2N4O2S. The molecule has 9 heteroatoms. The highest BCUT2D eigenvalue weighted by molar-refractivity contribution is 7.99. The van der Waals surface area contributed by atoms with Gasteiger partial charge in [-0.3, -0.25) is 4.79 Å². The summed E-state index contributed by atoms with van der Waals surface area (Å²) >= 11 is 13.8. The Morgan fingerprint density at radius 1 is 0.971 bits per heavy atom.